The number of benzene rings is 1. The summed E-state index contributed by atoms with van der Waals surface area (Å²) in [6.45, 7) is -2.37. The van der Waals surface area contributed by atoms with Gasteiger partial charge in [0.05, 0.1) is 18.4 Å². The molecule has 0 aliphatic rings. The molecule has 0 unspecified atom stereocenters. The number of aromatic amines is 1. The Hall–Kier alpha value is -2.41. The fraction of sp³-hybridized carbons (Fsp3) is 0.143. The number of hydrogen-bond donors (Lipinski definition) is 1. The van der Waals surface area contributed by atoms with E-state index in [2.05, 4.69) is 20.0 Å². The van der Waals surface area contributed by atoms with Gasteiger partial charge in [-0.05, 0) is 29.8 Å². The monoisotopic (exact) mass is 324 g/mol. The van der Waals surface area contributed by atoms with E-state index in [4.69, 9.17) is 11.6 Å². The van der Waals surface area contributed by atoms with Gasteiger partial charge in [-0.15, -0.1) is 0 Å². The maximum Gasteiger partial charge on any atom is 0.387 e. The summed E-state index contributed by atoms with van der Waals surface area (Å²) in [5.41, 5.74) is 2.31. The smallest absolute Gasteiger partial charge is 0.387 e. The second-order valence-electron chi connectivity index (χ2n) is 4.56. The summed E-state index contributed by atoms with van der Waals surface area (Å²) >= 11 is 5.94. The van der Waals surface area contributed by atoms with E-state index in [9.17, 15) is 8.78 Å². The van der Waals surface area contributed by atoms with Crippen molar-refractivity contribution < 1.29 is 13.5 Å². The molecule has 0 aliphatic carbocycles. The van der Waals surface area contributed by atoms with Crippen molar-refractivity contribution in [2.75, 3.05) is 0 Å². The summed E-state index contributed by atoms with van der Waals surface area (Å²) in [6.07, 6.45) is 5.08. The average Bonchev–Trinajstić information content (AvgIpc) is 3.09. The standard InChI is InChI=1S/C14H11ClF2N4O/c15-11-3-9(4-13(5-11)22-14(16)17)10-6-19-21(7-10)8-12-1-2-18-20-12/h1-7,14H,8H2,(H,18,20). The lowest BCUT2D eigenvalue weighted by atomic mass is 10.1. The number of aromatic nitrogens is 4. The molecule has 2 heterocycles. The van der Waals surface area contributed by atoms with Crippen LogP contribution >= 0.6 is 11.6 Å². The average molecular weight is 325 g/mol. The minimum Gasteiger partial charge on any atom is -0.435 e. The topological polar surface area (TPSA) is 55.7 Å². The van der Waals surface area contributed by atoms with E-state index in [1.54, 1.807) is 29.3 Å². The van der Waals surface area contributed by atoms with Gasteiger partial charge in [-0.25, -0.2) is 0 Å². The highest BCUT2D eigenvalue weighted by atomic mass is 35.5. The van der Waals surface area contributed by atoms with Crippen molar-refractivity contribution in [2.24, 2.45) is 0 Å². The van der Waals surface area contributed by atoms with Gasteiger partial charge < -0.3 is 4.74 Å². The number of rotatable bonds is 5. The summed E-state index contributed by atoms with van der Waals surface area (Å²) < 4.78 is 30.7. The maximum atomic E-state index is 12.3. The maximum absolute atomic E-state index is 12.3. The van der Waals surface area contributed by atoms with E-state index in [1.807, 2.05) is 6.07 Å². The van der Waals surface area contributed by atoms with Gasteiger partial charge in [0.15, 0.2) is 0 Å². The van der Waals surface area contributed by atoms with Crippen LogP contribution in [0.1, 0.15) is 5.69 Å². The first-order valence-corrected chi connectivity index (χ1v) is 6.74. The Morgan fingerprint density at radius 3 is 2.86 bits per heavy atom. The lowest BCUT2D eigenvalue weighted by Crippen LogP contribution is -2.01. The largest absolute Gasteiger partial charge is 0.435 e. The van der Waals surface area contributed by atoms with Crippen LogP contribution in [0.5, 0.6) is 5.75 Å². The van der Waals surface area contributed by atoms with Crippen LogP contribution < -0.4 is 4.74 Å². The molecule has 1 N–H and O–H groups in total. The SMILES string of the molecule is FC(F)Oc1cc(Cl)cc(-c2cnn(Cc3ccn[nH]3)c2)c1. The van der Waals surface area contributed by atoms with E-state index < -0.39 is 6.61 Å². The summed E-state index contributed by atoms with van der Waals surface area (Å²) in [5, 5.41) is 11.2. The van der Waals surface area contributed by atoms with Crippen LogP contribution in [0, 0.1) is 0 Å². The lowest BCUT2D eigenvalue weighted by Gasteiger charge is -2.07. The van der Waals surface area contributed by atoms with Crippen LogP contribution in [0.4, 0.5) is 8.78 Å². The lowest BCUT2D eigenvalue weighted by molar-refractivity contribution is -0.0498. The summed E-state index contributed by atoms with van der Waals surface area (Å²) in [6, 6.07) is 6.34. The molecule has 3 rings (SSSR count). The predicted octanol–water partition coefficient (Wildman–Crippen LogP) is 3.58. The van der Waals surface area contributed by atoms with Gasteiger partial charge in [-0.1, -0.05) is 11.6 Å². The van der Waals surface area contributed by atoms with E-state index in [0.29, 0.717) is 17.1 Å². The number of ether oxygens (including phenoxy) is 1. The zero-order valence-corrected chi connectivity index (χ0v) is 12.0. The quantitative estimate of drug-likeness (QED) is 0.780. The van der Waals surface area contributed by atoms with Crippen LogP contribution in [0.2, 0.25) is 5.02 Å². The summed E-state index contributed by atoms with van der Waals surface area (Å²) in [5.74, 6) is 0.0128. The molecule has 0 aliphatic heterocycles. The van der Waals surface area contributed by atoms with Crippen LogP contribution in [-0.2, 0) is 6.54 Å². The number of nitrogens with zero attached hydrogens (tertiary/aromatic N) is 3. The van der Waals surface area contributed by atoms with Gasteiger partial charge in [0, 0.05) is 23.0 Å². The first kappa shape index (κ1) is 14.5. The van der Waals surface area contributed by atoms with Crippen LogP contribution in [0.15, 0.2) is 42.9 Å². The minimum absolute atomic E-state index is 0.0128. The van der Waals surface area contributed by atoms with Gasteiger partial charge in [-0.2, -0.15) is 19.0 Å². The Morgan fingerprint density at radius 1 is 1.27 bits per heavy atom. The van der Waals surface area contributed by atoms with Crippen molar-refractivity contribution in [3.63, 3.8) is 0 Å². The van der Waals surface area contributed by atoms with Crippen molar-refractivity contribution in [3.05, 3.63) is 53.6 Å². The van der Waals surface area contributed by atoms with Gasteiger partial charge in [0.2, 0.25) is 0 Å². The molecule has 114 valence electrons. The fourth-order valence-corrected chi connectivity index (χ4v) is 2.27. The molecule has 2 aromatic heterocycles. The minimum atomic E-state index is -2.89. The Kier molecular flexibility index (Phi) is 4.06. The molecule has 1 aromatic carbocycles. The highest BCUT2D eigenvalue weighted by Crippen LogP contribution is 2.29. The highest BCUT2D eigenvalue weighted by molar-refractivity contribution is 6.31. The molecule has 0 bridgehead atoms. The van der Waals surface area contributed by atoms with Gasteiger partial charge >= 0.3 is 6.61 Å². The van der Waals surface area contributed by atoms with E-state index >= 15 is 0 Å². The number of H-pyrrole nitrogens is 1. The summed E-state index contributed by atoms with van der Waals surface area (Å²) in [7, 11) is 0. The van der Waals surface area contributed by atoms with Gasteiger partial charge in [0.1, 0.15) is 5.75 Å². The van der Waals surface area contributed by atoms with Crippen molar-refractivity contribution in [2.45, 2.75) is 13.2 Å². The number of alkyl halides is 2. The summed E-state index contributed by atoms with van der Waals surface area (Å²) in [4.78, 5) is 0. The molecule has 0 spiro atoms. The van der Waals surface area contributed by atoms with Gasteiger partial charge in [-0.3, -0.25) is 9.78 Å². The van der Waals surface area contributed by atoms with E-state index in [1.165, 1.54) is 12.1 Å². The highest BCUT2D eigenvalue weighted by Gasteiger charge is 2.09. The van der Waals surface area contributed by atoms with E-state index in [0.717, 1.165) is 11.3 Å². The van der Waals surface area contributed by atoms with Crippen LogP contribution in [0.3, 0.4) is 0 Å². The molecule has 3 aromatic rings. The first-order chi connectivity index (χ1) is 10.6. The molecule has 0 atom stereocenters. The molecule has 0 amide bonds. The third-order valence-corrected chi connectivity index (χ3v) is 3.17. The number of halogens is 3. The van der Waals surface area contributed by atoms with Gasteiger partial charge in [0.25, 0.3) is 0 Å². The van der Waals surface area contributed by atoms with Crippen LogP contribution in [-0.4, -0.2) is 26.6 Å². The number of hydrogen-bond acceptors (Lipinski definition) is 3. The Labute approximate surface area is 129 Å². The Bertz CT molecular complexity index is 758. The molecule has 0 saturated carbocycles. The second-order valence-corrected chi connectivity index (χ2v) is 5.00. The zero-order valence-electron chi connectivity index (χ0n) is 11.2. The fourth-order valence-electron chi connectivity index (χ4n) is 2.05. The molecule has 0 saturated heterocycles. The first-order valence-electron chi connectivity index (χ1n) is 6.36. The molecule has 0 radical (unpaired) electrons. The Balaban J connectivity index is 1.84. The van der Waals surface area contributed by atoms with Crippen molar-refractivity contribution in [1.29, 1.82) is 0 Å². The Morgan fingerprint density at radius 2 is 2.14 bits per heavy atom. The van der Waals surface area contributed by atoms with Crippen molar-refractivity contribution in [3.8, 4) is 16.9 Å². The zero-order chi connectivity index (χ0) is 15.5. The molecule has 5 nitrogen and oxygen atoms in total. The molecular formula is C14H11ClF2N4O. The predicted molar refractivity (Wildman–Crippen MR) is 77.0 cm³/mol. The van der Waals surface area contributed by atoms with Crippen molar-refractivity contribution in [1.82, 2.24) is 20.0 Å². The van der Waals surface area contributed by atoms with E-state index in [-0.39, 0.29) is 5.75 Å². The second kappa shape index (κ2) is 6.15. The molecule has 8 heteroatoms. The molecular weight excluding hydrogens is 314 g/mol. The normalized spacial score (nSPS) is 11.1. The number of nitrogens with one attached hydrogen (secondary N) is 1. The van der Waals surface area contributed by atoms with Crippen LogP contribution in [0.25, 0.3) is 11.1 Å². The molecule has 0 fully saturated rings. The third kappa shape index (κ3) is 3.43. The van der Waals surface area contributed by atoms with Crippen molar-refractivity contribution >= 4 is 11.6 Å². The molecule has 22 heavy (non-hydrogen) atoms. The third-order valence-electron chi connectivity index (χ3n) is 2.95.